The molecule has 4 nitrogen and oxygen atoms in total. The molecule has 0 aromatic carbocycles. The Morgan fingerprint density at radius 2 is 2.08 bits per heavy atom. The van der Waals surface area contributed by atoms with E-state index in [0.717, 1.165) is 0 Å². The summed E-state index contributed by atoms with van der Waals surface area (Å²) in [7, 11) is 0. The van der Waals surface area contributed by atoms with Crippen molar-refractivity contribution in [3.8, 4) is 0 Å². The lowest BCUT2D eigenvalue weighted by atomic mass is 10.2. The second-order valence-electron chi connectivity index (χ2n) is 2.31. The van der Waals surface area contributed by atoms with Gasteiger partial charge in [-0.15, -0.1) is 13.2 Å². The number of hydrogen-bond donors (Lipinski definition) is 0. The molecule has 0 atom stereocenters. The summed E-state index contributed by atoms with van der Waals surface area (Å²) in [4.78, 5) is 0.403. The van der Waals surface area contributed by atoms with Crippen molar-refractivity contribution in [3.05, 3.63) is 41.9 Å². The zero-order valence-corrected chi connectivity index (χ0v) is 6.69. The lowest BCUT2D eigenvalue weighted by Crippen LogP contribution is -2.28. The largest absolute Gasteiger partial charge is 0.359 e. The van der Waals surface area contributed by atoms with E-state index >= 15 is 0 Å². The third-order valence-corrected chi connectivity index (χ3v) is 1.45. The zero-order valence-electron chi connectivity index (χ0n) is 6.69. The van der Waals surface area contributed by atoms with Crippen LogP contribution in [0.5, 0.6) is 0 Å². The summed E-state index contributed by atoms with van der Waals surface area (Å²) in [6, 6.07) is 0. The molecule has 1 aromatic rings. The fraction of sp³-hybridized carbons (Fsp3) is 0.250. The highest BCUT2D eigenvalue weighted by atomic mass is 16.8. The van der Waals surface area contributed by atoms with Gasteiger partial charge >= 0.3 is 0 Å². The van der Waals surface area contributed by atoms with Crippen molar-refractivity contribution in [1.29, 1.82) is 0 Å². The molecule has 0 saturated heterocycles. The third-order valence-electron chi connectivity index (χ3n) is 1.45. The molecule has 0 aliphatic rings. The van der Waals surface area contributed by atoms with Crippen molar-refractivity contribution in [2.75, 3.05) is 0 Å². The normalized spacial score (nSPS) is 9.67. The van der Waals surface area contributed by atoms with Gasteiger partial charge in [-0.05, 0) is 4.90 Å². The molecule has 0 bridgehead atoms. The molecule has 12 heavy (non-hydrogen) atoms. The highest BCUT2D eigenvalue weighted by Gasteiger charge is 2.15. The average molecular weight is 166 g/mol. The lowest BCUT2D eigenvalue weighted by molar-refractivity contribution is -0.807. The maximum Gasteiger partial charge on any atom is 0.225 e. The average Bonchev–Trinajstić information content (AvgIpc) is 2.37. The smallest absolute Gasteiger partial charge is 0.225 e. The summed E-state index contributed by atoms with van der Waals surface area (Å²) in [6.45, 7) is 7.08. The highest BCUT2D eigenvalue weighted by molar-refractivity contribution is 5.09. The molecule has 4 heteroatoms. The fourth-order valence-corrected chi connectivity index (χ4v) is 0.915. The van der Waals surface area contributed by atoms with E-state index in [1.54, 1.807) is 12.2 Å². The lowest BCUT2D eigenvalue weighted by Gasteiger charge is -1.90. The molecule has 0 fully saturated rings. The number of rotatable bonds is 4. The fourth-order valence-electron chi connectivity index (χ4n) is 0.915. The molecule has 1 aromatic heterocycles. The molecule has 0 aliphatic carbocycles. The van der Waals surface area contributed by atoms with Gasteiger partial charge in [-0.3, -0.25) is 4.63 Å². The Bertz CT molecular complexity index is 291. The van der Waals surface area contributed by atoms with E-state index in [4.69, 9.17) is 0 Å². The van der Waals surface area contributed by atoms with Gasteiger partial charge in [0.05, 0.1) is 0 Å². The zero-order chi connectivity index (χ0) is 8.97. The quantitative estimate of drug-likeness (QED) is 0.490. The van der Waals surface area contributed by atoms with Crippen LogP contribution in [0, 0.1) is 5.21 Å². The Balaban J connectivity index is 2.94. The minimum absolute atomic E-state index is 0.403. The van der Waals surface area contributed by atoms with Crippen molar-refractivity contribution in [2.24, 2.45) is 0 Å². The van der Waals surface area contributed by atoms with Crippen molar-refractivity contribution >= 4 is 0 Å². The van der Waals surface area contributed by atoms with Gasteiger partial charge in [0.1, 0.15) is 0 Å². The van der Waals surface area contributed by atoms with Crippen molar-refractivity contribution in [2.45, 2.75) is 12.8 Å². The summed E-state index contributed by atoms with van der Waals surface area (Å²) in [5.74, 6) is 0. The minimum Gasteiger partial charge on any atom is -0.359 e. The van der Waals surface area contributed by atoms with Crippen LogP contribution in [0.15, 0.2) is 29.9 Å². The van der Waals surface area contributed by atoms with E-state index in [1.165, 1.54) is 0 Å². The maximum atomic E-state index is 10.9. The summed E-state index contributed by atoms with van der Waals surface area (Å²) in [5.41, 5.74) is 1.13. The molecule has 64 valence electrons. The Hall–Kier alpha value is -1.58. The number of aromatic nitrogens is 2. The van der Waals surface area contributed by atoms with E-state index in [1.807, 2.05) is 0 Å². The first-order valence-corrected chi connectivity index (χ1v) is 3.59. The van der Waals surface area contributed by atoms with Gasteiger partial charge in [0.2, 0.25) is 11.4 Å². The molecule has 0 amide bonds. The van der Waals surface area contributed by atoms with Gasteiger partial charge in [0.15, 0.2) is 0 Å². The Labute approximate surface area is 70.3 Å². The summed E-state index contributed by atoms with van der Waals surface area (Å²) >= 11 is 0. The van der Waals surface area contributed by atoms with Gasteiger partial charge in [0.25, 0.3) is 0 Å². The van der Waals surface area contributed by atoms with Crippen LogP contribution >= 0.6 is 0 Å². The van der Waals surface area contributed by atoms with Crippen LogP contribution in [-0.4, -0.2) is 5.16 Å². The number of nitrogens with zero attached hydrogens (tertiary/aromatic N) is 2. The van der Waals surface area contributed by atoms with Gasteiger partial charge in [-0.25, -0.2) is 0 Å². The highest BCUT2D eigenvalue weighted by Crippen LogP contribution is 2.03. The molecule has 1 heterocycles. The topological polar surface area (TPSA) is 53.0 Å². The minimum atomic E-state index is 0.403. The summed E-state index contributed by atoms with van der Waals surface area (Å²) in [5, 5.41) is 14.5. The van der Waals surface area contributed by atoms with Crippen LogP contribution in [0.1, 0.15) is 11.4 Å². The molecule has 0 N–H and O–H groups in total. The molecule has 0 aliphatic heterocycles. The van der Waals surface area contributed by atoms with Crippen LogP contribution in [0.3, 0.4) is 0 Å². The monoisotopic (exact) mass is 166 g/mol. The maximum absolute atomic E-state index is 10.9. The first kappa shape index (κ1) is 8.52. The van der Waals surface area contributed by atoms with E-state index in [2.05, 4.69) is 22.9 Å². The molecular weight excluding hydrogens is 156 g/mol. The number of allylic oxidation sites excluding steroid dienone is 2. The SMILES string of the molecule is C=CCc1no[n+]([O-])c1CC=C. The van der Waals surface area contributed by atoms with Crippen LogP contribution in [0.2, 0.25) is 0 Å². The second-order valence-corrected chi connectivity index (χ2v) is 2.31. The van der Waals surface area contributed by atoms with Gasteiger partial charge in [-0.1, -0.05) is 12.2 Å². The Kier molecular flexibility index (Phi) is 2.63. The standard InChI is InChI=1S/C8H10N2O2/c1-3-5-7-8(6-4-2)10(11)12-9-7/h3-4H,1-2,5-6H2. The molecular formula is C8H10N2O2. The summed E-state index contributed by atoms with van der Waals surface area (Å²) < 4.78 is 4.42. The Morgan fingerprint density at radius 3 is 2.67 bits per heavy atom. The third kappa shape index (κ3) is 1.53. The van der Waals surface area contributed by atoms with E-state index < -0.39 is 0 Å². The first-order valence-electron chi connectivity index (χ1n) is 3.59. The van der Waals surface area contributed by atoms with E-state index in [-0.39, 0.29) is 0 Å². The van der Waals surface area contributed by atoms with Crippen LogP contribution in [0.25, 0.3) is 0 Å². The second kappa shape index (κ2) is 3.71. The van der Waals surface area contributed by atoms with Crippen molar-refractivity contribution < 1.29 is 9.53 Å². The predicted octanol–water partition coefficient (Wildman–Crippen LogP) is 0.765. The molecule has 0 saturated carbocycles. The number of hydrogen-bond acceptors (Lipinski definition) is 3. The van der Waals surface area contributed by atoms with Crippen molar-refractivity contribution in [3.63, 3.8) is 0 Å². The molecule has 0 spiro atoms. The molecule has 1 rings (SSSR count). The van der Waals surface area contributed by atoms with Gasteiger partial charge in [0, 0.05) is 18.0 Å². The van der Waals surface area contributed by atoms with Gasteiger partial charge < -0.3 is 5.21 Å². The van der Waals surface area contributed by atoms with E-state index in [0.29, 0.717) is 29.1 Å². The first-order chi connectivity index (χ1) is 5.79. The van der Waals surface area contributed by atoms with Crippen molar-refractivity contribution in [1.82, 2.24) is 5.16 Å². The molecule has 0 unspecified atom stereocenters. The predicted molar refractivity (Wildman–Crippen MR) is 43.3 cm³/mol. The Morgan fingerprint density at radius 1 is 1.42 bits per heavy atom. The van der Waals surface area contributed by atoms with E-state index in [9.17, 15) is 5.21 Å². The van der Waals surface area contributed by atoms with Crippen LogP contribution in [-0.2, 0) is 12.8 Å². The van der Waals surface area contributed by atoms with Gasteiger partial charge in [-0.2, -0.15) is 0 Å². The van der Waals surface area contributed by atoms with Crippen LogP contribution < -0.4 is 4.90 Å². The summed E-state index contributed by atoms with van der Waals surface area (Å²) in [6.07, 6.45) is 4.32. The molecule has 0 radical (unpaired) electrons. The van der Waals surface area contributed by atoms with Crippen LogP contribution in [0.4, 0.5) is 0 Å².